The predicted molar refractivity (Wildman–Crippen MR) is 57.9 cm³/mol. The van der Waals surface area contributed by atoms with E-state index in [-0.39, 0.29) is 5.75 Å². The number of rotatable bonds is 2. The fraction of sp³-hybridized carbons (Fsp3) is 0.333. The van der Waals surface area contributed by atoms with E-state index < -0.39 is 23.3 Å². The Labute approximate surface area is 97.6 Å². The van der Waals surface area contributed by atoms with E-state index in [9.17, 15) is 14.7 Å². The first-order valence-corrected chi connectivity index (χ1v) is 5.16. The molecule has 90 valence electrons. The van der Waals surface area contributed by atoms with Gasteiger partial charge in [-0.15, -0.1) is 0 Å². The smallest absolute Gasteiger partial charge is 0.322 e. The van der Waals surface area contributed by atoms with Crippen molar-refractivity contribution < 1.29 is 24.5 Å². The number of carbonyl (C=O) groups is 2. The average Bonchev–Trinajstić information content (AvgIpc) is 2.52. The zero-order chi connectivity index (χ0) is 12.8. The van der Waals surface area contributed by atoms with Crippen LogP contribution in [-0.2, 0) is 15.0 Å². The largest absolute Gasteiger partial charge is 0.508 e. The minimum Gasteiger partial charge on any atom is -0.508 e. The first kappa shape index (κ1) is 11.4. The van der Waals surface area contributed by atoms with Crippen molar-refractivity contribution in [1.82, 2.24) is 0 Å². The van der Waals surface area contributed by atoms with Crippen LogP contribution >= 0.6 is 0 Å². The van der Waals surface area contributed by atoms with E-state index in [0.29, 0.717) is 11.3 Å². The Hall–Kier alpha value is -2.04. The second-order valence-electron chi connectivity index (χ2n) is 4.33. The molecule has 1 aliphatic heterocycles. The lowest BCUT2D eigenvalue weighted by molar-refractivity contribution is -0.151. The van der Waals surface area contributed by atoms with Crippen LogP contribution in [0.5, 0.6) is 11.5 Å². The molecule has 0 saturated carbocycles. The number of aromatic hydroxyl groups is 1. The number of fused-ring (bicyclic) bond motifs is 1. The topological polar surface area (TPSA) is 83.8 Å². The summed E-state index contributed by atoms with van der Waals surface area (Å²) >= 11 is 0. The molecule has 0 radical (unpaired) electrons. The van der Waals surface area contributed by atoms with Crippen molar-refractivity contribution in [3.63, 3.8) is 0 Å². The molecule has 1 heterocycles. The van der Waals surface area contributed by atoms with E-state index in [1.54, 1.807) is 0 Å². The van der Waals surface area contributed by atoms with Gasteiger partial charge < -0.3 is 14.9 Å². The lowest BCUT2D eigenvalue weighted by atomic mass is 9.73. The normalized spacial score (nSPS) is 24.0. The van der Waals surface area contributed by atoms with Crippen LogP contribution in [0.25, 0.3) is 0 Å². The highest BCUT2D eigenvalue weighted by atomic mass is 16.5. The van der Waals surface area contributed by atoms with Crippen LogP contribution < -0.4 is 4.74 Å². The third-order valence-corrected chi connectivity index (χ3v) is 3.39. The summed E-state index contributed by atoms with van der Waals surface area (Å²) in [7, 11) is 0. The minimum atomic E-state index is -1.26. The van der Waals surface area contributed by atoms with E-state index in [0.717, 1.165) is 0 Å². The second-order valence-corrected chi connectivity index (χ2v) is 4.33. The zero-order valence-corrected chi connectivity index (χ0v) is 9.43. The van der Waals surface area contributed by atoms with E-state index in [1.807, 2.05) is 0 Å². The van der Waals surface area contributed by atoms with E-state index in [2.05, 4.69) is 0 Å². The van der Waals surface area contributed by atoms with Gasteiger partial charge in [-0.2, -0.15) is 0 Å². The summed E-state index contributed by atoms with van der Waals surface area (Å²) in [5.41, 5.74) is -0.850. The maximum Gasteiger partial charge on any atom is 0.322 e. The van der Waals surface area contributed by atoms with Gasteiger partial charge >= 0.3 is 11.9 Å². The van der Waals surface area contributed by atoms with Crippen LogP contribution in [0.4, 0.5) is 0 Å². The summed E-state index contributed by atoms with van der Waals surface area (Å²) in [6.07, 6.45) is 0. The maximum absolute atomic E-state index is 11.8. The monoisotopic (exact) mass is 236 g/mol. The molecule has 5 nitrogen and oxygen atoms in total. The van der Waals surface area contributed by atoms with Crippen molar-refractivity contribution >= 4 is 11.9 Å². The Morgan fingerprint density at radius 2 is 2.12 bits per heavy atom. The van der Waals surface area contributed by atoms with E-state index >= 15 is 0 Å². The van der Waals surface area contributed by atoms with Crippen molar-refractivity contribution in [1.29, 1.82) is 0 Å². The summed E-state index contributed by atoms with van der Waals surface area (Å²) in [5.74, 6) is -2.33. The predicted octanol–water partition coefficient (Wildman–Crippen LogP) is 1.29. The Morgan fingerprint density at radius 3 is 2.71 bits per heavy atom. The Bertz CT molecular complexity index is 508. The third kappa shape index (κ3) is 1.46. The Morgan fingerprint density at radius 1 is 1.47 bits per heavy atom. The van der Waals surface area contributed by atoms with Gasteiger partial charge in [0.05, 0.1) is 5.92 Å². The SMILES string of the molecule is CC(C(=O)O)C1(C)C(=O)Oc2ccc(O)cc21. The number of carboxylic acid groups (broad SMARTS) is 1. The fourth-order valence-electron chi connectivity index (χ4n) is 1.99. The molecule has 1 aromatic carbocycles. The molecule has 0 aliphatic carbocycles. The van der Waals surface area contributed by atoms with Crippen molar-refractivity contribution in [3.05, 3.63) is 23.8 Å². The molecule has 0 fully saturated rings. The van der Waals surface area contributed by atoms with Gasteiger partial charge in [-0.1, -0.05) is 6.92 Å². The molecular formula is C12H12O5. The lowest BCUT2D eigenvalue weighted by Crippen LogP contribution is -2.40. The van der Waals surface area contributed by atoms with Gasteiger partial charge in [-0.05, 0) is 25.1 Å². The summed E-state index contributed by atoms with van der Waals surface area (Å²) in [6, 6.07) is 4.23. The van der Waals surface area contributed by atoms with Gasteiger partial charge in [0.1, 0.15) is 16.9 Å². The Balaban J connectivity index is 2.60. The van der Waals surface area contributed by atoms with Gasteiger partial charge in [-0.25, -0.2) is 0 Å². The van der Waals surface area contributed by atoms with Crippen LogP contribution in [0.3, 0.4) is 0 Å². The van der Waals surface area contributed by atoms with Crippen LogP contribution in [0.1, 0.15) is 19.4 Å². The molecule has 17 heavy (non-hydrogen) atoms. The number of benzene rings is 1. The lowest BCUT2D eigenvalue weighted by Gasteiger charge is -2.24. The van der Waals surface area contributed by atoms with Crippen LogP contribution in [0.15, 0.2) is 18.2 Å². The van der Waals surface area contributed by atoms with Gasteiger partial charge in [0, 0.05) is 5.56 Å². The molecule has 0 bridgehead atoms. The van der Waals surface area contributed by atoms with Gasteiger partial charge in [0.2, 0.25) is 0 Å². The highest BCUT2D eigenvalue weighted by Crippen LogP contribution is 2.45. The van der Waals surface area contributed by atoms with Crippen molar-refractivity contribution in [2.45, 2.75) is 19.3 Å². The molecule has 0 aromatic heterocycles. The molecule has 0 spiro atoms. The summed E-state index contributed by atoms with van der Waals surface area (Å²) in [6.45, 7) is 2.96. The second kappa shape index (κ2) is 3.48. The molecule has 2 atom stereocenters. The summed E-state index contributed by atoms with van der Waals surface area (Å²) in [5, 5.41) is 18.5. The van der Waals surface area contributed by atoms with Crippen LogP contribution in [-0.4, -0.2) is 22.2 Å². The summed E-state index contributed by atoms with van der Waals surface area (Å²) < 4.78 is 5.04. The van der Waals surface area contributed by atoms with Crippen molar-refractivity contribution in [2.24, 2.45) is 5.92 Å². The van der Waals surface area contributed by atoms with Gasteiger partial charge in [-0.3, -0.25) is 9.59 Å². The number of phenolic OH excluding ortho intramolecular Hbond substituents is 1. The first-order valence-electron chi connectivity index (χ1n) is 5.16. The van der Waals surface area contributed by atoms with Crippen molar-refractivity contribution in [2.75, 3.05) is 0 Å². The number of carbonyl (C=O) groups excluding carboxylic acids is 1. The number of esters is 1. The van der Waals surface area contributed by atoms with Crippen LogP contribution in [0.2, 0.25) is 0 Å². The number of aliphatic carboxylic acids is 1. The molecule has 2 rings (SSSR count). The standard InChI is InChI=1S/C12H12O5/c1-6(10(14)15)12(2)8-5-7(13)3-4-9(8)17-11(12)16/h3-6,13H,1-2H3,(H,14,15). The van der Waals surface area contributed by atoms with Gasteiger partial charge in [0.25, 0.3) is 0 Å². The van der Waals surface area contributed by atoms with E-state index in [4.69, 9.17) is 9.84 Å². The maximum atomic E-state index is 11.8. The van der Waals surface area contributed by atoms with Gasteiger partial charge in [0.15, 0.2) is 0 Å². The summed E-state index contributed by atoms with van der Waals surface area (Å²) in [4.78, 5) is 22.9. The number of carboxylic acids is 1. The van der Waals surface area contributed by atoms with Crippen LogP contribution in [0, 0.1) is 5.92 Å². The molecule has 2 unspecified atom stereocenters. The number of phenols is 1. The average molecular weight is 236 g/mol. The minimum absolute atomic E-state index is 0.0223. The number of hydrogen-bond acceptors (Lipinski definition) is 4. The Kier molecular flexibility index (Phi) is 2.34. The zero-order valence-electron chi connectivity index (χ0n) is 9.43. The molecule has 1 aromatic rings. The quantitative estimate of drug-likeness (QED) is 0.597. The highest BCUT2D eigenvalue weighted by Gasteiger charge is 2.51. The molecule has 0 saturated heterocycles. The first-order chi connectivity index (χ1) is 7.87. The molecule has 1 aliphatic rings. The highest BCUT2D eigenvalue weighted by molar-refractivity contribution is 5.95. The fourth-order valence-corrected chi connectivity index (χ4v) is 1.99. The molecule has 0 amide bonds. The van der Waals surface area contributed by atoms with E-state index in [1.165, 1.54) is 32.0 Å². The third-order valence-electron chi connectivity index (χ3n) is 3.39. The van der Waals surface area contributed by atoms with Crippen molar-refractivity contribution in [3.8, 4) is 11.5 Å². The number of hydrogen-bond donors (Lipinski definition) is 2. The number of ether oxygens (including phenoxy) is 1. The molecule has 2 N–H and O–H groups in total. The molecular weight excluding hydrogens is 224 g/mol. The molecule has 5 heteroatoms.